The molecule has 606 valence electrons. The molecule has 0 saturated heterocycles. The van der Waals surface area contributed by atoms with Gasteiger partial charge in [-0.05, 0) is 268 Å². The van der Waals surface area contributed by atoms with Crippen LogP contribution in [0.25, 0.3) is 75.6 Å². The summed E-state index contributed by atoms with van der Waals surface area (Å²) in [4.78, 5) is 11.2. The van der Waals surface area contributed by atoms with Crippen LogP contribution < -0.4 is 52.4 Å². The molecule has 0 N–H and O–H groups in total. The molecule has 122 heavy (non-hydrogen) atoms. The summed E-state index contributed by atoms with van der Waals surface area (Å²) in [5, 5.41) is 5.03. The Balaban J connectivity index is 0.729. The third kappa shape index (κ3) is 9.66. The molecular formula is C112H110B2N6OS. The predicted molar refractivity (Wildman–Crippen MR) is 523 cm³/mol. The average molecular weight is 1610 g/mol. The van der Waals surface area contributed by atoms with E-state index in [0.29, 0.717) is 0 Å². The molecule has 24 rings (SSSR count). The van der Waals surface area contributed by atoms with Crippen LogP contribution in [0.2, 0.25) is 0 Å². The lowest BCUT2D eigenvalue weighted by atomic mass is 9.33. The molecule has 6 aliphatic heterocycles. The molecule has 4 atom stereocenters. The van der Waals surface area contributed by atoms with E-state index in [0.717, 1.165) is 59.9 Å². The van der Waals surface area contributed by atoms with Crippen molar-refractivity contribution in [3.05, 3.63) is 274 Å². The van der Waals surface area contributed by atoms with Crippen LogP contribution in [-0.4, -0.2) is 33.6 Å². The Hall–Kier alpha value is -10.9. The van der Waals surface area contributed by atoms with Crippen molar-refractivity contribution in [2.24, 2.45) is 0 Å². The first-order valence-electron chi connectivity index (χ1n) is 45.5. The van der Waals surface area contributed by atoms with Crippen molar-refractivity contribution < 1.29 is 4.42 Å². The number of aromatic nitrogens is 2. The third-order valence-corrected chi connectivity index (χ3v) is 33.7. The van der Waals surface area contributed by atoms with Gasteiger partial charge < -0.3 is 33.2 Å². The van der Waals surface area contributed by atoms with E-state index in [1.165, 1.54) is 219 Å². The van der Waals surface area contributed by atoms with E-state index in [-0.39, 0.29) is 57.0 Å². The normalized spacial score (nSPS) is 20.3. The van der Waals surface area contributed by atoms with Crippen molar-refractivity contribution in [3.63, 3.8) is 0 Å². The summed E-state index contributed by atoms with van der Waals surface area (Å²) in [6.45, 7) is 46.9. The second-order valence-corrected chi connectivity index (χ2v) is 44.0. The Labute approximate surface area is 724 Å². The number of benzene rings is 12. The van der Waals surface area contributed by atoms with Crippen molar-refractivity contribution >= 4 is 179 Å². The van der Waals surface area contributed by atoms with Crippen LogP contribution in [0.5, 0.6) is 0 Å². The van der Waals surface area contributed by atoms with Gasteiger partial charge in [-0.25, -0.2) is 0 Å². The van der Waals surface area contributed by atoms with Crippen molar-refractivity contribution in [2.75, 3.05) is 19.6 Å². The molecule has 10 heterocycles. The minimum Gasteiger partial charge on any atom is -0.454 e. The van der Waals surface area contributed by atoms with E-state index < -0.39 is 0 Å². The Morgan fingerprint density at radius 2 is 0.820 bits per heavy atom. The fourth-order valence-corrected chi connectivity index (χ4v) is 26.7. The molecule has 12 aromatic carbocycles. The number of nitrogens with zero attached hydrogens (tertiary/aromatic N) is 6. The lowest BCUT2D eigenvalue weighted by Gasteiger charge is -2.52. The standard InChI is InChI=1S/C112H110B2N6OS/c1-64-35-20-25-41-85(64)115(86-42-26-21-36-65(86)2)73-59-89-95-91(61-73)120-102-80(110(17)48-31-33-50-112(110,120)19)54-72(58-84(102)113(95)81-55-69(105(5,6)7)51-77-97(81)117(89)99-75-39-23-28-45-93(75)121-103(77)99)108(14,15)63-68-38-34-44-88(67(68)4)116(87-43-27-22-37-66(87)3)74-60-90-96-92(62-74)119-101-79(109(16)47-30-32-49-111(109,119)18)53-71(107(11,12)13)57-83(101)114(96)82-56-70(106(8,9)10)52-78-98(82)118(90)100-76-40-24-29-46-94(76)122-104(78)100/h20-29,34-46,51-62H,30-33,47-50,63H2,1-19H3. The number of rotatable bonds is 9. The fraction of sp³-hybridized carbons (Fsp3) is 0.321. The Morgan fingerprint density at radius 1 is 0.393 bits per heavy atom. The molecule has 8 aliphatic rings. The van der Waals surface area contributed by atoms with Crippen LogP contribution in [0.4, 0.5) is 56.9 Å². The van der Waals surface area contributed by atoms with Crippen LogP contribution in [0.15, 0.2) is 217 Å². The molecule has 7 nitrogen and oxygen atoms in total. The minimum absolute atomic E-state index is 0.00806. The first kappa shape index (κ1) is 74.9. The number of anilines is 10. The molecular weight excluding hydrogens is 1500 g/mol. The Morgan fingerprint density at radius 3 is 1.36 bits per heavy atom. The zero-order valence-corrected chi connectivity index (χ0v) is 75.5. The molecule has 2 fully saturated rings. The maximum atomic E-state index is 7.31. The number of hydrogen-bond donors (Lipinski definition) is 0. The van der Waals surface area contributed by atoms with Gasteiger partial charge in [-0.15, -0.1) is 11.3 Å². The minimum atomic E-state index is -0.350. The largest absolute Gasteiger partial charge is 0.454 e. The zero-order chi connectivity index (χ0) is 83.8. The van der Waals surface area contributed by atoms with E-state index in [2.05, 4.69) is 373 Å². The van der Waals surface area contributed by atoms with Gasteiger partial charge in [-0.2, -0.15) is 0 Å². The highest BCUT2D eigenvalue weighted by atomic mass is 32.1. The van der Waals surface area contributed by atoms with E-state index in [9.17, 15) is 0 Å². The number of furan rings is 1. The van der Waals surface area contributed by atoms with E-state index >= 15 is 0 Å². The summed E-state index contributed by atoms with van der Waals surface area (Å²) in [6, 6.07) is 84.5. The maximum absolute atomic E-state index is 7.31. The van der Waals surface area contributed by atoms with Gasteiger partial charge in [0.15, 0.2) is 5.58 Å². The van der Waals surface area contributed by atoms with Crippen molar-refractivity contribution in [2.45, 2.75) is 233 Å². The Kier molecular flexibility index (Phi) is 15.2. The molecule has 0 amide bonds. The SMILES string of the molecule is Cc1ccccc1N(c1cc2c3c(c1)-n1c4c(cc(C(C)(C)C)cc4c4oc5ccccc5c41)B3c1cc(C(C)(C)Cc3cccc(N(c4cc5c6c(c4)-n4c7c(cc(C(C)(C)C)cc7c7sc8ccccc8c74)B6c4cc(C(C)(C)C)cc6c4N5C4(C)CCCCC64C)c4ccccc4C)c3C)cc3c1N2C1(C)CCCCC31C)c1ccccc1C. The maximum Gasteiger partial charge on any atom is 0.252 e. The summed E-state index contributed by atoms with van der Waals surface area (Å²) < 4.78 is 15.5. The van der Waals surface area contributed by atoms with Gasteiger partial charge in [0.1, 0.15) is 11.1 Å². The number of thiophene rings is 1. The van der Waals surface area contributed by atoms with Gasteiger partial charge in [0, 0.05) is 93.9 Å². The number of hydrogen-bond acceptors (Lipinski definition) is 6. The Bertz CT molecular complexity index is 7320. The van der Waals surface area contributed by atoms with E-state index in [1.807, 2.05) is 11.3 Å². The highest BCUT2D eigenvalue weighted by Gasteiger charge is 2.64. The topological polar surface area (TPSA) is 36.0 Å². The van der Waals surface area contributed by atoms with Gasteiger partial charge in [0.25, 0.3) is 13.4 Å². The summed E-state index contributed by atoms with van der Waals surface area (Å²) in [5.41, 5.74) is 44.5. The number of para-hydroxylation sites is 4. The molecule has 10 heteroatoms. The summed E-state index contributed by atoms with van der Waals surface area (Å²) in [7, 11) is 0. The van der Waals surface area contributed by atoms with Gasteiger partial charge >= 0.3 is 0 Å². The van der Waals surface area contributed by atoms with Crippen molar-refractivity contribution in [1.82, 2.24) is 9.13 Å². The van der Waals surface area contributed by atoms with Crippen LogP contribution in [0.3, 0.4) is 0 Å². The summed E-state index contributed by atoms with van der Waals surface area (Å²) in [5.74, 6) is 0. The van der Waals surface area contributed by atoms with E-state index in [1.54, 1.807) is 5.56 Å². The van der Waals surface area contributed by atoms with Gasteiger partial charge in [0.2, 0.25) is 0 Å². The summed E-state index contributed by atoms with van der Waals surface area (Å²) >= 11 is 1.98. The fourth-order valence-electron chi connectivity index (χ4n) is 25.5. The van der Waals surface area contributed by atoms with Crippen LogP contribution in [-0.2, 0) is 38.9 Å². The molecule has 2 saturated carbocycles. The molecule has 4 aromatic heterocycles. The van der Waals surface area contributed by atoms with Crippen molar-refractivity contribution in [3.8, 4) is 11.4 Å². The highest BCUT2D eigenvalue weighted by molar-refractivity contribution is 7.26. The second-order valence-electron chi connectivity index (χ2n) is 42.9. The second kappa shape index (κ2) is 24.7. The monoisotopic (exact) mass is 1610 g/mol. The first-order chi connectivity index (χ1) is 58.3. The van der Waals surface area contributed by atoms with Crippen LogP contribution in [0.1, 0.15) is 216 Å². The zero-order valence-electron chi connectivity index (χ0n) is 74.7. The first-order valence-corrected chi connectivity index (χ1v) is 46.3. The van der Waals surface area contributed by atoms with Gasteiger partial charge in [-0.1, -0.05) is 249 Å². The molecule has 2 aliphatic carbocycles. The number of aryl methyl sites for hydroxylation is 3. The van der Waals surface area contributed by atoms with Crippen LogP contribution in [0, 0.1) is 27.7 Å². The van der Waals surface area contributed by atoms with Crippen molar-refractivity contribution in [1.29, 1.82) is 0 Å². The molecule has 0 radical (unpaired) electrons. The molecule has 4 unspecified atom stereocenters. The lowest BCUT2D eigenvalue weighted by molar-refractivity contribution is 0.195. The predicted octanol–water partition coefficient (Wildman–Crippen LogP) is 26.2. The lowest BCUT2D eigenvalue weighted by Crippen LogP contribution is -2.64. The average Bonchev–Trinajstić information content (AvgIpc) is 1.48. The smallest absolute Gasteiger partial charge is 0.252 e. The van der Waals surface area contributed by atoms with Gasteiger partial charge in [0.05, 0.1) is 43.7 Å². The summed E-state index contributed by atoms with van der Waals surface area (Å²) in [6.07, 6.45) is 10.1. The van der Waals surface area contributed by atoms with E-state index in [4.69, 9.17) is 4.42 Å². The van der Waals surface area contributed by atoms with Crippen LogP contribution >= 0.6 is 11.3 Å². The molecule has 0 bridgehead atoms. The molecule has 0 spiro atoms. The third-order valence-electron chi connectivity index (χ3n) is 32.5. The van der Waals surface area contributed by atoms with Gasteiger partial charge in [-0.3, -0.25) is 0 Å². The number of fused-ring (bicyclic) bond motifs is 24. The highest BCUT2D eigenvalue weighted by Crippen LogP contribution is 2.66. The quantitative estimate of drug-likeness (QED) is 0.135. The molecule has 16 aromatic rings.